The van der Waals surface area contributed by atoms with Crippen molar-refractivity contribution in [3.05, 3.63) is 0 Å². The standard InChI is InChI=1S/C18H38O/c1-17(2)14-12-10-8-6-4-5-7-9-11-13-15-18(3)16-19/h17-19H,4-16H2,1-3H3. The van der Waals surface area contributed by atoms with Gasteiger partial charge in [0.05, 0.1) is 0 Å². The first-order valence-electron chi connectivity index (χ1n) is 8.77. The van der Waals surface area contributed by atoms with Gasteiger partial charge in [-0.15, -0.1) is 0 Å². The molecule has 19 heavy (non-hydrogen) atoms. The number of hydrogen-bond donors (Lipinski definition) is 1. The summed E-state index contributed by atoms with van der Waals surface area (Å²) in [6, 6.07) is 0. The van der Waals surface area contributed by atoms with Gasteiger partial charge in [-0.2, -0.15) is 0 Å². The molecule has 116 valence electrons. The van der Waals surface area contributed by atoms with Crippen molar-refractivity contribution in [3.8, 4) is 0 Å². The van der Waals surface area contributed by atoms with E-state index in [4.69, 9.17) is 5.11 Å². The Labute approximate surface area is 122 Å². The van der Waals surface area contributed by atoms with Crippen LogP contribution in [0, 0.1) is 11.8 Å². The van der Waals surface area contributed by atoms with Gasteiger partial charge in [0.2, 0.25) is 0 Å². The van der Waals surface area contributed by atoms with Crippen molar-refractivity contribution in [2.24, 2.45) is 11.8 Å². The maximum absolute atomic E-state index is 8.93. The molecule has 0 aliphatic heterocycles. The Balaban J connectivity index is 2.99. The van der Waals surface area contributed by atoms with E-state index in [0.717, 1.165) is 5.92 Å². The van der Waals surface area contributed by atoms with Crippen LogP contribution in [-0.4, -0.2) is 11.7 Å². The van der Waals surface area contributed by atoms with Crippen LogP contribution in [0.4, 0.5) is 0 Å². The molecule has 0 rings (SSSR count). The Morgan fingerprint density at radius 1 is 0.579 bits per heavy atom. The smallest absolute Gasteiger partial charge is 0.0456 e. The Morgan fingerprint density at radius 3 is 1.32 bits per heavy atom. The Hall–Kier alpha value is -0.0400. The zero-order valence-corrected chi connectivity index (χ0v) is 13.8. The fourth-order valence-corrected chi connectivity index (χ4v) is 2.55. The van der Waals surface area contributed by atoms with Crippen LogP contribution in [0.1, 0.15) is 97.8 Å². The van der Waals surface area contributed by atoms with E-state index in [1.54, 1.807) is 0 Å². The van der Waals surface area contributed by atoms with Gasteiger partial charge in [-0.1, -0.05) is 91.4 Å². The molecule has 0 saturated heterocycles. The molecular weight excluding hydrogens is 232 g/mol. The monoisotopic (exact) mass is 270 g/mol. The van der Waals surface area contributed by atoms with Crippen molar-refractivity contribution in [2.45, 2.75) is 97.8 Å². The number of aliphatic hydroxyl groups excluding tert-OH is 1. The molecule has 0 heterocycles. The molecule has 0 aromatic rings. The van der Waals surface area contributed by atoms with E-state index in [2.05, 4.69) is 20.8 Å². The highest BCUT2D eigenvalue weighted by molar-refractivity contribution is 4.53. The second-order valence-corrected chi connectivity index (χ2v) is 6.79. The molecule has 1 nitrogen and oxygen atoms in total. The summed E-state index contributed by atoms with van der Waals surface area (Å²) >= 11 is 0. The third kappa shape index (κ3) is 15.9. The minimum absolute atomic E-state index is 0.358. The SMILES string of the molecule is CC(C)CCCCCCCCCCCCC(C)CO. The number of aliphatic hydroxyl groups is 1. The summed E-state index contributed by atoms with van der Waals surface area (Å²) in [5.41, 5.74) is 0. The summed E-state index contributed by atoms with van der Waals surface area (Å²) in [6.45, 7) is 7.14. The molecule has 0 bridgehead atoms. The van der Waals surface area contributed by atoms with Gasteiger partial charge in [0.25, 0.3) is 0 Å². The second kappa shape index (κ2) is 14.4. The van der Waals surface area contributed by atoms with Crippen LogP contribution < -0.4 is 0 Å². The molecule has 1 unspecified atom stereocenters. The largest absolute Gasteiger partial charge is 0.396 e. The van der Waals surface area contributed by atoms with E-state index in [1.165, 1.54) is 77.0 Å². The molecule has 0 aliphatic rings. The first-order valence-corrected chi connectivity index (χ1v) is 8.77. The fraction of sp³-hybridized carbons (Fsp3) is 1.00. The Bertz CT molecular complexity index is 165. The molecule has 1 heteroatoms. The van der Waals surface area contributed by atoms with Crippen molar-refractivity contribution in [1.82, 2.24) is 0 Å². The molecule has 0 aromatic carbocycles. The third-order valence-electron chi connectivity index (χ3n) is 4.04. The molecule has 0 spiro atoms. The summed E-state index contributed by atoms with van der Waals surface area (Å²) in [4.78, 5) is 0. The molecule has 0 aromatic heterocycles. The molecule has 0 radical (unpaired) electrons. The van der Waals surface area contributed by atoms with Crippen LogP contribution in [0.25, 0.3) is 0 Å². The fourth-order valence-electron chi connectivity index (χ4n) is 2.55. The van der Waals surface area contributed by atoms with Crippen molar-refractivity contribution < 1.29 is 5.11 Å². The van der Waals surface area contributed by atoms with Crippen LogP contribution >= 0.6 is 0 Å². The van der Waals surface area contributed by atoms with Gasteiger partial charge < -0.3 is 5.11 Å². The predicted molar refractivity (Wildman–Crippen MR) is 86.5 cm³/mol. The summed E-state index contributed by atoms with van der Waals surface area (Å²) in [6.07, 6.45) is 16.7. The van der Waals surface area contributed by atoms with Gasteiger partial charge in [0.1, 0.15) is 0 Å². The van der Waals surface area contributed by atoms with Gasteiger partial charge in [-0.25, -0.2) is 0 Å². The topological polar surface area (TPSA) is 20.2 Å². The number of rotatable bonds is 14. The minimum Gasteiger partial charge on any atom is -0.396 e. The average molecular weight is 271 g/mol. The second-order valence-electron chi connectivity index (χ2n) is 6.79. The number of hydrogen-bond acceptors (Lipinski definition) is 1. The highest BCUT2D eigenvalue weighted by Crippen LogP contribution is 2.14. The molecule has 0 fully saturated rings. The molecule has 1 atom stereocenters. The van der Waals surface area contributed by atoms with E-state index >= 15 is 0 Å². The summed E-state index contributed by atoms with van der Waals surface area (Å²) in [7, 11) is 0. The first kappa shape index (κ1) is 19.0. The molecule has 0 aliphatic carbocycles. The Morgan fingerprint density at radius 2 is 0.947 bits per heavy atom. The maximum Gasteiger partial charge on any atom is 0.0456 e. The van der Waals surface area contributed by atoms with E-state index < -0.39 is 0 Å². The lowest BCUT2D eigenvalue weighted by molar-refractivity contribution is 0.227. The molecule has 1 N–H and O–H groups in total. The lowest BCUT2D eigenvalue weighted by atomic mass is 10.0. The van der Waals surface area contributed by atoms with Crippen LogP contribution in [-0.2, 0) is 0 Å². The zero-order valence-electron chi connectivity index (χ0n) is 13.8. The van der Waals surface area contributed by atoms with Crippen molar-refractivity contribution >= 4 is 0 Å². The zero-order chi connectivity index (χ0) is 14.3. The van der Waals surface area contributed by atoms with Crippen LogP contribution in [0.5, 0.6) is 0 Å². The van der Waals surface area contributed by atoms with Crippen LogP contribution in [0.3, 0.4) is 0 Å². The molecular formula is C18H38O. The van der Waals surface area contributed by atoms with Gasteiger partial charge in [-0.3, -0.25) is 0 Å². The van der Waals surface area contributed by atoms with Crippen LogP contribution in [0.2, 0.25) is 0 Å². The molecule has 0 amide bonds. The van der Waals surface area contributed by atoms with Gasteiger partial charge in [0, 0.05) is 6.61 Å². The maximum atomic E-state index is 8.93. The average Bonchev–Trinajstić information content (AvgIpc) is 2.39. The highest BCUT2D eigenvalue weighted by atomic mass is 16.3. The normalized spacial score (nSPS) is 13.1. The summed E-state index contributed by atoms with van der Waals surface area (Å²) in [5.74, 6) is 1.39. The lowest BCUT2D eigenvalue weighted by Gasteiger charge is -2.07. The van der Waals surface area contributed by atoms with E-state index in [9.17, 15) is 0 Å². The first-order chi connectivity index (χ1) is 9.16. The van der Waals surface area contributed by atoms with Crippen molar-refractivity contribution in [1.29, 1.82) is 0 Å². The minimum atomic E-state index is 0.358. The predicted octanol–water partition coefficient (Wildman–Crippen LogP) is 5.95. The van der Waals surface area contributed by atoms with E-state index in [-0.39, 0.29) is 0 Å². The van der Waals surface area contributed by atoms with Crippen LogP contribution in [0.15, 0.2) is 0 Å². The van der Waals surface area contributed by atoms with E-state index in [0.29, 0.717) is 12.5 Å². The highest BCUT2D eigenvalue weighted by Gasteiger charge is 1.99. The lowest BCUT2D eigenvalue weighted by Crippen LogP contribution is -1.99. The van der Waals surface area contributed by atoms with Crippen molar-refractivity contribution in [3.63, 3.8) is 0 Å². The van der Waals surface area contributed by atoms with Crippen molar-refractivity contribution in [2.75, 3.05) is 6.61 Å². The van der Waals surface area contributed by atoms with Gasteiger partial charge in [-0.05, 0) is 18.3 Å². The summed E-state index contributed by atoms with van der Waals surface area (Å²) < 4.78 is 0. The molecule has 0 saturated carbocycles. The summed E-state index contributed by atoms with van der Waals surface area (Å²) in [5, 5.41) is 8.93. The van der Waals surface area contributed by atoms with Gasteiger partial charge >= 0.3 is 0 Å². The quantitative estimate of drug-likeness (QED) is 0.387. The van der Waals surface area contributed by atoms with E-state index in [1.807, 2.05) is 0 Å². The Kier molecular flexibility index (Phi) is 14.3. The number of unbranched alkanes of at least 4 members (excludes halogenated alkanes) is 9. The third-order valence-corrected chi connectivity index (χ3v) is 4.04. The van der Waals surface area contributed by atoms with Gasteiger partial charge in [0.15, 0.2) is 0 Å².